The Balaban J connectivity index is 2.13. The SMILES string of the molecule is CCN(C)c1nc(N)c(C(=O)NC2(C)CCOC2)s1. The van der Waals surface area contributed by atoms with E-state index in [0.717, 1.165) is 18.1 Å². The Morgan fingerprint density at radius 1 is 1.68 bits per heavy atom. The van der Waals surface area contributed by atoms with E-state index in [2.05, 4.69) is 10.3 Å². The Bertz CT molecular complexity index is 468. The Morgan fingerprint density at radius 3 is 3.00 bits per heavy atom. The van der Waals surface area contributed by atoms with Gasteiger partial charge in [-0.15, -0.1) is 0 Å². The summed E-state index contributed by atoms with van der Waals surface area (Å²) in [7, 11) is 1.92. The molecule has 1 aromatic heterocycles. The average Bonchev–Trinajstić information content (AvgIpc) is 2.95. The fourth-order valence-electron chi connectivity index (χ4n) is 1.88. The highest BCUT2D eigenvalue weighted by Gasteiger charge is 2.32. The molecule has 1 fully saturated rings. The fourth-order valence-corrected chi connectivity index (χ4v) is 2.78. The smallest absolute Gasteiger partial charge is 0.265 e. The second-order valence-corrected chi connectivity index (χ2v) is 6.02. The molecule has 0 radical (unpaired) electrons. The molecular formula is C12H20N4O2S. The summed E-state index contributed by atoms with van der Waals surface area (Å²) in [5.41, 5.74) is 5.53. The summed E-state index contributed by atoms with van der Waals surface area (Å²) in [5, 5.41) is 3.75. The molecule has 1 aliphatic heterocycles. The minimum absolute atomic E-state index is 0.168. The summed E-state index contributed by atoms with van der Waals surface area (Å²) in [6.07, 6.45) is 0.819. The molecule has 1 aliphatic rings. The van der Waals surface area contributed by atoms with Gasteiger partial charge in [0.15, 0.2) is 5.13 Å². The van der Waals surface area contributed by atoms with Crippen molar-refractivity contribution in [3.05, 3.63) is 4.88 Å². The van der Waals surface area contributed by atoms with Crippen LogP contribution in [0, 0.1) is 0 Å². The Morgan fingerprint density at radius 2 is 2.42 bits per heavy atom. The number of hydrogen-bond donors (Lipinski definition) is 2. The van der Waals surface area contributed by atoms with Gasteiger partial charge in [0.05, 0.1) is 12.1 Å². The van der Waals surface area contributed by atoms with Gasteiger partial charge in [-0.3, -0.25) is 4.79 Å². The minimum Gasteiger partial charge on any atom is -0.382 e. The molecular weight excluding hydrogens is 264 g/mol. The lowest BCUT2D eigenvalue weighted by atomic mass is 10.0. The highest BCUT2D eigenvalue weighted by Crippen LogP contribution is 2.28. The largest absolute Gasteiger partial charge is 0.382 e. The van der Waals surface area contributed by atoms with Crippen LogP contribution in [0.5, 0.6) is 0 Å². The molecule has 106 valence electrons. The second-order valence-electron chi connectivity index (χ2n) is 5.04. The normalized spacial score (nSPS) is 22.5. The quantitative estimate of drug-likeness (QED) is 0.865. The Labute approximate surface area is 116 Å². The van der Waals surface area contributed by atoms with Crippen LogP contribution in [-0.4, -0.2) is 43.2 Å². The summed E-state index contributed by atoms with van der Waals surface area (Å²) in [4.78, 5) is 18.9. The van der Waals surface area contributed by atoms with Crippen molar-refractivity contribution >= 4 is 28.2 Å². The van der Waals surface area contributed by atoms with Crippen LogP contribution in [0.1, 0.15) is 29.9 Å². The number of nitrogens with zero attached hydrogens (tertiary/aromatic N) is 2. The molecule has 0 saturated carbocycles. The average molecular weight is 284 g/mol. The van der Waals surface area contributed by atoms with E-state index >= 15 is 0 Å². The van der Waals surface area contributed by atoms with E-state index in [-0.39, 0.29) is 11.4 Å². The number of amides is 1. The molecule has 1 atom stereocenters. The fraction of sp³-hybridized carbons (Fsp3) is 0.667. The van der Waals surface area contributed by atoms with E-state index in [1.807, 2.05) is 25.8 Å². The van der Waals surface area contributed by atoms with Crippen LogP contribution >= 0.6 is 11.3 Å². The van der Waals surface area contributed by atoms with Crippen molar-refractivity contribution < 1.29 is 9.53 Å². The molecule has 1 aromatic rings. The van der Waals surface area contributed by atoms with Gasteiger partial charge >= 0.3 is 0 Å². The Hall–Kier alpha value is -1.34. The molecule has 1 amide bonds. The summed E-state index contributed by atoms with van der Waals surface area (Å²) < 4.78 is 5.32. The number of ether oxygens (including phenoxy) is 1. The lowest BCUT2D eigenvalue weighted by molar-refractivity contribution is 0.0894. The van der Waals surface area contributed by atoms with Crippen LogP contribution < -0.4 is 16.0 Å². The monoisotopic (exact) mass is 284 g/mol. The lowest BCUT2D eigenvalue weighted by Crippen LogP contribution is -2.46. The number of rotatable bonds is 4. The van der Waals surface area contributed by atoms with Crippen molar-refractivity contribution in [2.24, 2.45) is 0 Å². The summed E-state index contributed by atoms with van der Waals surface area (Å²) in [6, 6.07) is 0. The number of carbonyl (C=O) groups excluding carboxylic acids is 1. The second kappa shape index (κ2) is 5.34. The van der Waals surface area contributed by atoms with Gasteiger partial charge in [-0.25, -0.2) is 4.98 Å². The van der Waals surface area contributed by atoms with Crippen molar-refractivity contribution in [3.63, 3.8) is 0 Å². The van der Waals surface area contributed by atoms with E-state index in [9.17, 15) is 4.79 Å². The predicted octanol–water partition coefficient (Wildman–Crippen LogP) is 1.09. The van der Waals surface area contributed by atoms with Crippen LogP contribution in [0.2, 0.25) is 0 Å². The first kappa shape index (κ1) is 14.1. The van der Waals surface area contributed by atoms with Crippen molar-refractivity contribution in [2.45, 2.75) is 25.8 Å². The van der Waals surface area contributed by atoms with E-state index in [0.29, 0.717) is 23.9 Å². The maximum Gasteiger partial charge on any atom is 0.265 e. The zero-order valence-electron chi connectivity index (χ0n) is 11.5. The number of thiazole rings is 1. The first-order valence-corrected chi connectivity index (χ1v) is 7.14. The zero-order chi connectivity index (χ0) is 14.0. The van der Waals surface area contributed by atoms with Gasteiger partial charge < -0.3 is 20.7 Å². The third kappa shape index (κ3) is 2.98. The topological polar surface area (TPSA) is 80.5 Å². The number of nitrogens with two attached hydrogens (primary N) is 1. The van der Waals surface area contributed by atoms with Gasteiger partial charge in [-0.2, -0.15) is 0 Å². The van der Waals surface area contributed by atoms with Crippen LogP contribution in [0.15, 0.2) is 0 Å². The van der Waals surface area contributed by atoms with Gasteiger partial charge in [0, 0.05) is 20.2 Å². The van der Waals surface area contributed by atoms with Crippen molar-refractivity contribution in [2.75, 3.05) is 37.4 Å². The highest BCUT2D eigenvalue weighted by atomic mass is 32.1. The number of aromatic nitrogens is 1. The third-order valence-corrected chi connectivity index (χ3v) is 4.47. The molecule has 7 heteroatoms. The van der Waals surface area contributed by atoms with Crippen molar-refractivity contribution in [3.8, 4) is 0 Å². The summed E-state index contributed by atoms with van der Waals surface area (Å²) in [6.45, 7) is 6.04. The molecule has 2 heterocycles. The van der Waals surface area contributed by atoms with Gasteiger partial charge in [0.1, 0.15) is 10.7 Å². The summed E-state index contributed by atoms with van der Waals surface area (Å²) in [5.74, 6) is 0.124. The molecule has 0 bridgehead atoms. The van der Waals surface area contributed by atoms with Gasteiger partial charge in [0.2, 0.25) is 0 Å². The molecule has 0 aliphatic carbocycles. The molecule has 6 nitrogen and oxygen atoms in total. The van der Waals surface area contributed by atoms with Crippen molar-refractivity contribution in [1.29, 1.82) is 0 Å². The molecule has 0 aromatic carbocycles. The first-order valence-electron chi connectivity index (χ1n) is 6.33. The Kier molecular flexibility index (Phi) is 3.96. The van der Waals surface area contributed by atoms with Crippen molar-refractivity contribution in [1.82, 2.24) is 10.3 Å². The maximum absolute atomic E-state index is 12.3. The number of nitrogens with one attached hydrogen (secondary N) is 1. The van der Waals surface area contributed by atoms with E-state index in [1.165, 1.54) is 11.3 Å². The molecule has 1 unspecified atom stereocenters. The third-order valence-electron chi connectivity index (χ3n) is 3.28. The molecule has 19 heavy (non-hydrogen) atoms. The van der Waals surface area contributed by atoms with Gasteiger partial charge in [-0.1, -0.05) is 11.3 Å². The van der Waals surface area contributed by atoms with E-state index in [4.69, 9.17) is 10.5 Å². The molecule has 3 N–H and O–H groups in total. The van der Waals surface area contributed by atoms with Crippen LogP contribution in [0.25, 0.3) is 0 Å². The highest BCUT2D eigenvalue weighted by molar-refractivity contribution is 7.18. The lowest BCUT2D eigenvalue weighted by Gasteiger charge is -2.23. The van der Waals surface area contributed by atoms with Crippen LogP contribution in [0.4, 0.5) is 10.9 Å². The van der Waals surface area contributed by atoms with Crippen LogP contribution in [-0.2, 0) is 4.74 Å². The first-order chi connectivity index (χ1) is 8.95. The van der Waals surface area contributed by atoms with Crippen LogP contribution in [0.3, 0.4) is 0 Å². The predicted molar refractivity (Wildman–Crippen MR) is 76.8 cm³/mol. The maximum atomic E-state index is 12.3. The number of anilines is 2. The van der Waals surface area contributed by atoms with Gasteiger partial charge in [-0.05, 0) is 20.3 Å². The number of carbonyl (C=O) groups is 1. The molecule has 1 saturated heterocycles. The minimum atomic E-state index is -0.301. The van der Waals surface area contributed by atoms with E-state index in [1.54, 1.807) is 0 Å². The standard InChI is InChI=1S/C12H20N4O2S/c1-4-16(3)11-14-9(13)8(19-11)10(17)15-12(2)5-6-18-7-12/h4-7,13H2,1-3H3,(H,15,17). The number of hydrogen-bond acceptors (Lipinski definition) is 6. The summed E-state index contributed by atoms with van der Waals surface area (Å²) >= 11 is 1.32. The van der Waals surface area contributed by atoms with E-state index < -0.39 is 0 Å². The molecule has 0 spiro atoms. The molecule has 2 rings (SSSR count). The zero-order valence-corrected chi connectivity index (χ0v) is 12.3. The number of nitrogen functional groups attached to an aromatic ring is 1. The van der Waals surface area contributed by atoms with Gasteiger partial charge in [0.25, 0.3) is 5.91 Å².